The van der Waals surface area contributed by atoms with Crippen molar-refractivity contribution >= 4 is 1.78 Å². The Bertz CT molecular complexity index is 134. The summed E-state index contributed by atoms with van der Waals surface area (Å²) in [4.78, 5) is 0. The van der Waals surface area contributed by atoms with Crippen LogP contribution in [0.2, 0.25) is 0 Å². The Morgan fingerprint density at radius 1 is 1.00 bits per heavy atom. The van der Waals surface area contributed by atoms with Gasteiger partial charge in [0.25, 0.3) is 0 Å². The van der Waals surface area contributed by atoms with Gasteiger partial charge < -0.3 is 0 Å². The van der Waals surface area contributed by atoms with Crippen molar-refractivity contribution in [3.63, 3.8) is 0 Å². The quantitative estimate of drug-likeness (QED) is 0.642. The van der Waals surface area contributed by atoms with Gasteiger partial charge >= 0.3 is 67.1 Å². The first-order valence-electron chi connectivity index (χ1n) is 2.04. The molecule has 1 heteroatoms. The number of hydrogen-bond acceptors (Lipinski definition) is 0. The van der Waals surface area contributed by atoms with Crippen LogP contribution >= 0.6 is 0 Å². The first-order chi connectivity index (χ1) is 3.39. The zero-order valence-electron chi connectivity index (χ0n) is 3.64. The topological polar surface area (TPSA) is 0 Å². The molecule has 44 valence electrons. The molecule has 0 amide bonds. The van der Waals surface area contributed by atoms with Crippen molar-refractivity contribution in [1.29, 1.82) is 0 Å². The molecule has 1 aromatic carbocycles. The van der Waals surface area contributed by atoms with Crippen molar-refractivity contribution in [2.75, 3.05) is 0 Å². The van der Waals surface area contributed by atoms with E-state index in [-0.39, 0.29) is 0 Å². The van der Waals surface area contributed by atoms with Crippen LogP contribution in [0.5, 0.6) is 0 Å². The van der Waals surface area contributed by atoms with Crippen molar-refractivity contribution in [1.82, 2.24) is 0 Å². The second kappa shape index (κ2) is 2.69. The SMILES string of the molecule is [Lu][c]1ccccc1. The third-order valence-corrected chi connectivity index (χ3v) is 1.25. The summed E-state index contributed by atoms with van der Waals surface area (Å²) in [6, 6.07) is 10.0. The Labute approximate surface area is 66.5 Å². The summed E-state index contributed by atoms with van der Waals surface area (Å²) >= 11 is 3.17. The molecule has 7 heavy (non-hydrogen) atoms. The average Bonchev–Trinajstić information content (AvgIpc) is 1.69. The molecule has 0 unspecified atom stereocenters. The number of benzene rings is 1. The van der Waals surface area contributed by atoms with Crippen LogP contribution in [0.1, 0.15) is 0 Å². The standard InChI is InChI=1S/C6H5.Lu/c1-2-4-6-5-3-1;/h1-5H;. The van der Waals surface area contributed by atoms with Gasteiger partial charge in [-0.2, -0.15) is 0 Å². The third kappa shape index (κ3) is 1.79. The molecule has 0 radical (unpaired) electrons. The van der Waals surface area contributed by atoms with E-state index in [1.54, 1.807) is 0 Å². The van der Waals surface area contributed by atoms with Crippen LogP contribution in [0.15, 0.2) is 30.3 Å². The fourth-order valence-electron chi connectivity index (χ4n) is 0.392. The van der Waals surface area contributed by atoms with Crippen LogP contribution in [0.4, 0.5) is 0 Å². The molecule has 0 atom stereocenters. The molecule has 0 aromatic heterocycles. The second-order valence-corrected chi connectivity index (χ2v) is 2.18. The zero-order valence-corrected chi connectivity index (χ0v) is 5.30. The van der Waals surface area contributed by atoms with Crippen LogP contribution < -0.4 is 1.78 Å². The molecule has 1 aromatic rings. The van der Waals surface area contributed by atoms with Gasteiger partial charge in [-0.05, 0) is 0 Å². The fourth-order valence-corrected chi connectivity index (χ4v) is 0.710. The Morgan fingerprint density at radius 2 is 1.57 bits per heavy atom. The molecular formula is C6H5Lu. The summed E-state index contributed by atoms with van der Waals surface area (Å²) in [6.45, 7) is 0. The Balaban J connectivity index is 3.02. The van der Waals surface area contributed by atoms with Crippen molar-refractivity contribution in [2.45, 2.75) is 0 Å². The number of hydrogen-bond donors (Lipinski definition) is 0. The first-order valence-corrected chi connectivity index (χ1v) is 2.87. The molecule has 0 bridgehead atoms. The van der Waals surface area contributed by atoms with Crippen molar-refractivity contribution in [3.8, 4) is 0 Å². The summed E-state index contributed by atoms with van der Waals surface area (Å²) in [5, 5.41) is 0. The molecule has 0 aliphatic carbocycles. The molecule has 0 aliphatic heterocycles. The van der Waals surface area contributed by atoms with E-state index in [0.717, 1.165) is 1.78 Å². The molecule has 0 heterocycles. The van der Waals surface area contributed by atoms with E-state index in [1.807, 2.05) is 30.3 Å². The minimum absolute atomic E-state index is 1.16. The van der Waals surface area contributed by atoms with Gasteiger partial charge in [-0.1, -0.05) is 0 Å². The summed E-state index contributed by atoms with van der Waals surface area (Å²) in [7, 11) is 0. The summed E-state index contributed by atoms with van der Waals surface area (Å²) in [6.07, 6.45) is 0. The van der Waals surface area contributed by atoms with E-state index in [9.17, 15) is 0 Å². The van der Waals surface area contributed by atoms with Crippen LogP contribution in [-0.4, -0.2) is 0 Å². The maximum absolute atomic E-state index is 3.17. The molecule has 0 nitrogen and oxygen atoms in total. The van der Waals surface area contributed by atoms with Gasteiger partial charge in [0.2, 0.25) is 0 Å². The fraction of sp³-hybridized carbons (Fsp3) is 0. The molecule has 0 N–H and O–H groups in total. The van der Waals surface area contributed by atoms with Crippen LogP contribution in [0, 0.1) is 35.0 Å². The Hall–Kier alpha value is 0.454. The monoisotopic (exact) mass is 252 g/mol. The minimum atomic E-state index is 1.16. The molecule has 0 spiro atoms. The second-order valence-electron chi connectivity index (χ2n) is 1.23. The molecule has 0 aliphatic rings. The third-order valence-electron chi connectivity index (χ3n) is 0.693. The normalized spacial score (nSPS) is 8.86. The van der Waals surface area contributed by atoms with Crippen LogP contribution in [-0.2, 0) is 0 Å². The van der Waals surface area contributed by atoms with E-state index in [0.29, 0.717) is 0 Å². The van der Waals surface area contributed by atoms with Gasteiger partial charge in [0.05, 0.1) is 0 Å². The maximum atomic E-state index is 3.17. The van der Waals surface area contributed by atoms with E-state index in [1.165, 1.54) is 0 Å². The van der Waals surface area contributed by atoms with Gasteiger partial charge in [-0.3, -0.25) is 0 Å². The van der Waals surface area contributed by atoms with Crippen molar-refractivity contribution < 1.29 is 35.0 Å². The zero-order chi connectivity index (χ0) is 5.11. The first kappa shape index (κ1) is 5.59. The predicted molar refractivity (Wildman–Crippen MR) is 26.1 cm³/mol. The van der Waals surface area contributed by atoms with Gasteiger partial charge in [-0.15, -0.1) is 0 Å². The predicted octanol–water partition coefficient (Wildman–Crippen LogP) is 0.861. The van der Waals surface area contributed by atoms with Crippen molar-refractivity contribution in [3.05, 3.63) is 30.3 Å². The molecule has 0 fully saturated rings. The molecular weight excluding hydrogens is 247 g/mol. The summed E-state index contributed by atoms with van der Waals surface area (Å²) in [5.74, 6) is 0. The van der Waals surface area contributed by atoms with Gasteiger partial charge in [0, 0.05) is 0 Å². The van der Waals surface area contributed by atoms with E-state index in [4.69, 9.17) is 0 Å². The molecule has 0 saturated carbocycles. The Kier molecular flexibility index (Phi) is 2.14. The molecule has 0 saturated heterocycles. The van der Waals surface area contributed by atoms with E-state index < -0.39 is 0 Å². The average molecular weight is 252 g/mol. The van der Waals surface area contributed by atoms with E-state index >= 15 is 0 Å². The van der Waals surface area contributed by atoms with Gasteiger partial charge in [0.15, 0.2) is 0 Å². The van der Waals surface area contributed by atoms with Gasteiger partial charge in [-0.25, -0.2) is 0 Å². The van der Waals surface area contributed by atoms with Crippen LogP contribution in [0.25, 0.3) is 0 Å². The summed E-state index contributed by atoms with van der Waals surface area (Å²) < 4.78 is 1.16. The Morgan fingerprint density at radius 3 is 1.86 bits per heavy atom. The van der Waals surface area contributed by atoms with Crippen molar-refractivity contribution in [2.24, 2.45) is 0 Å². The number of rotatable bonds is 0. The van der Waals surface area contributed by atoms with E-state index in [2.05, 4.69) is 35.0 Å². The summed E-state index contributed by atoms with van der Waals surface area (Å²) in [5.41, 5.74) is 0. The molecule has 1 rings (SSSR count). The van der Waals surface area contributed by atoms with Crippen LogP contribution in [0.3, 0.4) is 0 Å². The van der Waals surface area contributed by atoms with Gasteiger partial charge in [0.1, 0.15) is 0 Å².